The summed E-state index contributed by atoms with van der Waals surface area (Å²) in [6.45, 7) is 7.93. The molecule has 0 bridgehead atoms. The van der Waals surface area contributed by atoms with Crippen molar-refractivity contribution in [3.05, 3.63) is 107 Å². The van der Waals surface area contributed by atoms with Gasteiger partial charge >= 0.3 is 5.97 Å². The van der Waals surface area contributed by atoms with E-state index in [2.05, 4.69) is 34.0 Å². The quantitative estimate of drug-likeness (QED) is 0.238. The number of fused-ring (bicyclic) bond motifs is 1. The summed E-state index contributed by atoms with van der Waals surface area (Å²) < 4.78 is 11.7. The first-order valence-corrected chi connectivity index (χ1v) is 11.7. The number of benzene rings is 3. The lowest BCUT2D eigenvalue weighted by molar-refractivity contribution is -0.132. The maximum Gasteiger partial charge on any atom is 0.333 e. The molecular formula is C28H20N2O4S. The summed E-state index contributed by atoms with van der Waals surface area (Å²) in [5.74, 6) is -0.206. The SMILES string of the molecule is [C-]#[N+]/C(=C\c1sc(-c2ccc(N(c3ccccc3)c3ccccc3)cc2)c2c1OCCO2)C(=O)O. The minimum atomic E-state index is -1.27. The molecule has 0 unspecified atom stereocenters. The van der Waals surface area contributed by atoms with Crippen molar-refractivity contribution in [3.8, 4) is 21.9 Å². The fourth-order valence-electron chi connectivity index (χ4n) is 3.89. The highest BCUT2D eigenvalue weighted by Crippen LogP contribution is 2.50. The van der Waals surface area contributed by atoms with Gasteiger partial charge < -0.3 is 19.5 Å². The van der Waals surface area contributed by atoms with E-state index in [1.165, 1.54) is 17.4 Å². The summed E-state index contributed by atoms with van der Waals surface area (Å²) in [5, 5.41) is 9.28. The molecule has 0 amide bonds. The lowest BCUT2D eigenvalue weighted by Crippen LogP contribution is -2.15. The number of anilines is 3. The van der Waals surface area contributed by atoms with Gasteiger partial charge in [0.05, 0.1) is 16.3 Å². The molecule has 2 heterocycles. The number of thiophene rings is 1. The largest absolute Gasteiger partial charge is 0.486 e. The Balaban J connectivity index is 1.56. The molecule has 0 saturated heterocycles. The lowest BCUT2D eigenvalue weighted by atomic mass is 10.1. The number of aliphatic carboxylic acids is 1. The van der Waals surface area contributed by atoms with E-state index in [1.54, 1.807) is 0 Å². The van der Waals surface area contributed by atoms with E-state index in [4.69, 9.17) is 16.0 Å². The van der Waals surface area contributed by atoms with Gasteiger partial charge in [-0.05, 0) is 48.0 Å². The topological polar surface area (TPSA) is 63.4 Å². The van der Waals surface area contributed by atoms with Crippen LogP contribution in [-0.2, 0) is 4.79 Å². The Morgan fingerprint density at radius 2 is 1.40 bits per heavy atom. The number of hydrogen-bond acceptors (Lipinski definition) is 5. The second-order valence-electron chi connectivity index (χ2n) is 7.65. The smallest absolute Gasteiger partial charge is 0.333 e. The molecule has 0 spiro atoms. The number of ether oxygens (including phenoxy) is 2. The number of nitrogens with zero attached hydrogens (tertiary/aromatic N) is 2. The van der Waals surface area contributed by atoms with E-state index in [-0.39, 0.29) is 5.70 Å². The van der Waals surface area contributed by atoms with Gasteiger partial charge in [-0.3, -0.25) is 4.79 Å². The highest BCUT2D eigenvalue weighted by Gasteiger charge is 2.25. The maximum absolute atomic E-state index is 11.4. The summed E-state index contributed by atoms with van der Waals surface area (Å²) in [6.07, 6.45) is 1.35. The molecule has 7 heteroatoms. The van der Waals surface area contributed by atoms with Crippen LogP contribution in [0.3, 0.4) is 0 Å². The van der Waals surface area contributed by atoms with Crippen molar-refractivity contribution < 1.29 is 19.4 Å². The van der Waals surface area contributed by atoms with E-state index in [0.29, 0.717) is 29.6 Å². The van der Waals surface area contributed by atoms with Crippen LogP contribution in [0.4, 0.5) is 17.1 Å². The van der Waals surface area contributed by atoms with Crippen LogP contribution in [0.2, 0.25) is 0 Å². The van der Waals surface area contributed by atoms with Gasteiger partial charge in [0.2, 0.25) is 0 Å². The van der Waals surface area contributed by atoms with Gasteiger partial charge in [-0.15, -0.1) is 11.3 Å². The van der Waals surface area contributed by atoms with Crippen LogP contribution >= 0.6 is 11.3 Å². The van der Waals surface area contributed by atoms with Crippen molar-refractivity contribution in [1.82, 2.24) is 0 Å². The third-order valence-corrected chi connectivity index (χ3v) is 6.60. The first kappa shape index (κ1) is 22.3. The highest BCUT2D eigenvalue weighted by molar-refractivity contribution is 7.17. The van der Waals surface area contributed by atoms with Crippen LogP contribution in [0.5, 0.6) is 11.5 Å². The van der Waals surface area contributed by atoms with Crippen LogP contribution in [0.25, 0.3) is 21.4 Å². The van der Waals surface area contributed by atoms with E-state index < -0.39 is 5.97 Å². The molecule has 1 N–H and O–H groups in total. The van der Waals surface area contributed by atoms with Gasteiger partial charge in [-0.1, -0.05) is 48.5 Å². The van der Waals surface area contributed by atoms with Crippen LogP contribution < -0.4 is 14.4 Å². The minimum absolute atomic E-state index is 0.368. The molecule has 172 valence electrons. The van der Waals surface area contributed by atoms with Crippen LogP contribution in [0.15, 0.2) is 90.6 Å². The summed E-state index contributed by atoms with van der Waals surface area (Å²) in [4.78, 5) is 18.0. The number of para-hydroxylation sites is 2. The van der Waals surface area contributed by atoms with E-state index in [0.717, 1.165) is 27.5 Å². The second-order valence-corrected chi connectivity index (χ2v) is 8.70. The number of carbonyl (C=O) groups is 1. The predicted molar refractivity (Wildman–Crippen MR) is 138 cm³/mol. The molecule has 1 aliphatic rings. The average molecular weight is 481 g/mol. The lowest BCUT2D eigenvalue weighted by Gasteiger charge is -2.25. The molecule has 0 radical (unpaired) electrons. The summed E-state index contributed by atoms with van der Waals surface area (Å²) in [5.41, 5.74) is 3.64. The fourth-order valence-corrected chi connectivity index (χ4v) is 5.02. The summed E-state index contributed by atoms with van der Waals surface area (Å²) in [6, 6.07) is 28.4. The minimum Gasteiger partial charge on any atom is -0.486 e. The first-order chi connectivity index (χ1) is 17.2. The molecule has 6 nitrogen and oxygen atoms in total. The molecule has 1 aromatic heterocycles. The van der Waals surface area contributed by atoms with Crippen LogP contribution in [0, 0.1) is 6.57 Å². The molecule has 35 heavy (non-hydrogen) atoms. The standard InChI is InChI=1S/C28H20N2O4S/c1-29-23(28(31)32)18-24-25-26(34-17-16-33-25)27(35-24)19-12-14-22(15-13-19)30(20-8-4-2-5-9-20)21-10-6-3-7-11-21/h2-15,18H,16-17H2,(H,31,32)/b23-18-. The molecule has 5 rings (SSSR count). The zero-order valence-corrected chi connectivity index (χ0v) is 19.4. The molecule has 0 atom stereocenters. The van der Waals surface area contributed by atoms with E-state index >= 15 is 0 Å². The zero-order valence-electron chi connectivity index (χ0n) is 18.5. The molecule has 1 aliphatic heterocycles. The Bertz CT molecular complexity index is 1380. The normalized spacial score (nSPS) is 12.6. The number of carboxylic acids is 1. The number of rotatable bonds is 6. The molecule has 3 aromatic carbocycles. The molecule has 0 fully saturated rings. The van der Waals surface area contributed by atoms with Gasteiger partial charge in [0.1, 0.15) is 13.2 Å². The molecule has 0 aliphatic carbocycles. The van der Waals surface area contributed by atoms with E-state index in [9.17, 15) is 9.90 Å². The van der Waals surface area contributed by atoms with Crippen molar-refractivity contribution >= 4 is 40.4 Å². The first-order valence-electron chi connectivity index (χ1n) is 10.9. The van der Waals surface area contributed by atoms with Crippen molar-refractivity contribution in [2.24, 2.45) is 0 Å². The third kappa shape index (κ3) is 4.47. The fraction of sp³-hybridized carbons (Fsp3) is 0.0714. The van der Waals surface area contributed by atoms with Crippen LogP contribution in [-0.4, -0.2) is 24.3 Å². The average Bonchev–Trinajstić information content (AvgIpc) is 3.27. The Hall–Kier alpha value is -4.54. The van der Waals surface area contributed by atoms with Crippen molar-refractivity contribution in [3.63, 3.8) is 0 Å². The second kappa shape index (κ2) is 9.75. The monoisotopic (exact) mass is 480 g/mol. The van der Waals surface area contributed by atoms with Crippen LogP contribution in [0.1, 0.15) is 4.88 Å². The number of carboxylic acid groups (broad SMARTS) is 1. The Morgan fingerprint density at radius 1 is 0.857 bits per heavy atom. The van der Waals surface area contributed by atoms with E-state index in [1.807, 2.05) is 60.7 Å². The van der Waals surface area contributed by atoms with Crippen molar-refractivity contribution in [2.75, 3.05) is 18.1 Å². The zero-order chi connectivity index (χ0) is 24.2. The van der Waals surface area contributed by atoms with Crippen molar-refractivity contribution in [2.45, 2.75) is 0 Å². The summed E-state index contributed by atoms with van der Waals surface area (Å²) in [7, 11) is 0. The Morgan fingerprint density at radius 3 is 1.94 bits per heavy atom. The Kier molecular flexibility index (Phi) is 6.20. The summed E-state index contributed by atoms with van der Waals surface area (Å²) >= 11 is 1.35. The van der Waals surface area contributed by atoms with Crippen molar-refractivity contribution in [1.29, 1.82) is 0 Å². The Labute approximate surface area is 206 Å². The molecule has 0 saturated carbocycles. The van der Waals surface area contributed by atoms with Gasteiger partial charge in [-0.2, -0.15) is 0 Å². The van der Waals surface area contributed by atoms with Gasteiger partial charge in [0.25, 0.3) is 5.70 Å². The van der Waals surface area contributed by atoms with Gasteiger partial charge in [0, 0.05) is 17.1 Å². The van der Waals surface area contributed by atoms with Gasteiger partial charge in [-0.25, -0.2) is 4.85 Å². The van der Waals surface area contributed by atoms with Gasteiger partial charge in [0.15, 0.2) is 11.5 Å². The third-order valence-electron chi connectivity index (χ3n) is 5.45. The number of hydrogen-bond donors (Lipinski definition) is 1. The molecular weight excluding hydrogens is 460 g/mol. The maximum atomic E-state index is 11.4. The highest BCUT2D eigenvalue weighted by atomic mass is 32.1. The predicted octanol–water partition coefficient (Wildman–Crippen LogP) is 7.00. The molecule has 4 aromatic rings.